The number of rotatable bonds is 3. The molecule has 5 heteroatoms. The molecule has 1 heterocycles. The normalized spacial score (nSPS) is 36.8. The average molecular weight is 266 g/mol. The molecule has 0 aromatic heterocycles. The number of ether oxygens (including phenoxy) is 1. The molecule has 3 unspecified atom stereocenters. The van der Waals surface area contributed by atoms with Crippen LogP contribution in [-0.4, -0.2) is 49.1 Å². The van der Waals surface area contributed by atoms with Crippen molar-refractivity contribution < 1.29 is 14.3 Å². The van der Waals surface area contributed by atoms with Crippen LogP contribution in [0.3, 0.4) is 0 Å². The van der Waals surface area contributed by atoms with Crippen molar-refractivity contribution in [2.45, 2.75) is 32.2 Å². The van der Waals surface area contributed by atoms with E-state index in [-0.39, 0.29) is 17.8 Å². The van der Waals surface area contributed by atoms with Gasteiger partial charge >= 0.3 is 5.97 Å². The summed E-state index contributed by atoms with van der Waals surface area (Å²) >= 11 is 0. The third-order valence-electron chi connectivity index (χ3n) is 4.68. The fourth-order valence-electron chi connectivity index (χ4n) is 3.57. The first-order valence-corrected chi connectivity index (χ1v) is 7.38. The topological polar surface area (TPSA) is 58.6 Å². The van der Waals surface area contributed by atoms with E-state index < -0.39 is 6.04 Å². The summed E-state index contributed by atoms with van der Waals surface area (Å²) in [6, 6.07) is -0.432. The highest BCUT2D eigenvalue weighted by atomic mass is 16.5. The number of nitrogens with one attached hydrogen (secondary N) is 1. The molecular weight excluding hydrogens is 244 g/mol. The largest absolute Gasteiger partial charge is 0.464 e. The van der Waals surface area contributed by atoms with Gasteiger partial charge in [0.1, 0.15) is 6.04 Å². The Balaban J connectivity index is 1.65. The molecular formula is C14H22N2O3. The smallest absolute Gasteiger partial charge is 0.330 e. The Labute approximate surface area is 113 Å². The van der Waals surface area contributed by atoms with Gasteiger partial charge in [0.25, 0.3) is 0 Å². The first-order chi connectivity index (χ1) is 9.20. The van der Waals surface area contributed by atoms with Gasteiger partial charge in [-0.15, -0.1) is 0 Å². The average Bonchev–Trinajstić information content (AvgIpc) is 3.04. The van der Waals surface area contributed by atoms with E-state index in [1.165, 1.54) is 6.42 Å². The Hall–Kier alpha value is -1.10. The van der Waals surface area contributed by atoms with Gasteiger partial charge in [0.2, 0.25) is 5.91 Å². The van der Waals surface area contributed by atoms with Crippen LogP contribution >= 0.6 is 0 Å². The highest BCUT2D eigenvalue weighted by molar-refractivity contribution is 5.86. The number of carbonyl (C=O) groups is 2. The van der Waals surface area contributed by atoms with E-state index in [2.05, 4.69) is 5.32 Å². The maximum atomic E-state index is 12.6. The lowest BCUT2D eigenvalue weighted by atomic mass is 10.00. The van der Waals surface area contributed by atoms with E-state index in [4.69, 9.17) is 4.74 Å². The van der Waals surface area contributed by atoms with Gasteiger partial charge in [-0.25, -0.2) is 4.79 Å². The molecule has 2 aliphatic carbocycles. The molecule has 106 valence electrons. The highest BCUT2D eigenvalue weighted by Crippen LogP contribution is 2.54. The fourth-order valence-corrected chi connectivity index (χ4v) is 3.57. The molecule has 1 amide bonds. The summed E-state index contributed by atoms with van der Waals surface area (Å²) in [6.45, 7) is 4.06. The second kappa shape index (κ2) is 5.12. The van der Waals surface area contributed by atoms with Gasteiger partial charge in [-0.3, -0.25) is 4.79 Å². The number of piperazine rings is 1. The molecule has 2 saturated carbocycles. The Kier molecular flexibility index (Phi) is 3.48. The van der Waals surface area contributed by atoms with Crippen LogP contribution in [-0.2, 0) is 14.3 Å². The van der Waals surface area contributed by atoms with Crippen LogP contribution in [0.25, 0.3) is 0 Å². The number of hydrogen-bond acceptors (Lipinski definition) is 4. The van der Waals surface area contributed by atoms with E-state index >= 15 is 0 Å². The molecule has 1 saturated heterocycles. The minimum atomic E-state index is -0.432. The third-order valence-corrected chi connectivity index (χ3v) is 4.68. The van der Waals surface area contributed by atoms with Gasteiger partial charge in [-0.05, 0) is 38.0 Å². The van der Waals surface area contributed by atoms with Crippen molar-refractivity contribution in [3.05, 3.63) is 0 Å². The van der Waals surface area contributed by atoms with Crippen molar-refractivity contribution in [3.63, 3.8) is 0 Å². The molecule has 19 heavy (non-hydrogen) atoms. The SMILES string of the molecule is CCOC(=O)C1CNCCN1C(=O)C1CC2CC2C1. The quantitative estimate of drug-likeness (QED) is 0.751. The van der Waals surface area contributed by atoms with Gasteiger partial charge in [0.05, 0.1) is 6.61 Å². The highest BCUT2D eigenvalue weighted by Gasteiger charge is 2.49. The number of hydrogen-bond donors (Lipinski definition) is 1. The minimum Gasteiger partial charge on any atom is -0.464 e. The predicted molar refractivity (Wildman–Crippen MR) is 69.3 cm³/mol. The summed E-state index contributed by atoms with van der Waals surface area (Å²) in [7, 11) is 0. The lowest BCUT2D eigenvalue weighted by molar-refractivity contribution is -0.157. The fraction of sp³-hybridized carbons (Fsp3) is 0.857. The molecule has 3 rings (SSSR count). The van der Waals surface area contributed by atoms with Gasteiger partial charge in [0, 0.05) is 25.6 Å². The van der Waals surface area contributed by atoms with E-state index in [0.717, 1.165) is 31.2 Å². The van der Waals surface area contributed by atoms with Crippen LogP contribution < -0.4 is 5.32 Å². The zero-order valence-corrected chi connectivity index (χ0v) is 11.4. The third kappa shape index (κ3) is 2.48. The van der Waals surface area contributed by atoms with Crippen molar-refractivity contribution >= 4 is 11.9 Å². The zero-order chi connectivity index (χ0) is 13.4. The van der Waals surface area contributed by atoms with E-state index in [0.29, 0.717) is 19.7 Å². The Morgan fingerprint density at radius 1 is 1.26 bits per heavy atom. The maximum absolute atomic E-state index is 12.6. The summed E-state index contributed by atoms with van der Waals surface area (Å²) in [5.41, 5.74) is 0. The monoisotopic (exact) mass is 266 g/mol. The van der Waals surface area contributed by atoms with Crippen molar-refractivity contribution in [1.82, 2.24) is 10.2 Å². The first kappa shape index (κ1) is 12.9. The molecule has 0 aromatic rings. The van der Waals surface area contributed by atoms with E-state index in [1.54, 1.807) is 11.8 Å². The van der Waals surface area contributed by atoms with E-state index in [9.17, 15) is 9.59 Å². The number of nitrogens with zero attached hydrogens (tertiary/aromatic N) is 1. The minimum absolute atomic E-state index is 0.152. The number of amides is 1. The summed E-state index contributed by atoms with van der Waals surface area (Å²) in [5.74, 6) is 1.63. The van der Waals surface area contributed by atoms with Crippen molar-refractivity contribution in [3.8, 4) is 0 Å². The van der Waals surface area contributed by atoms with Crippen LogP contribution in [0.4, 0.5) is 0 Å². The lowest BCUT2D eigenvalue weighted by Crippen LogP contribution is -2.58. The van der Waals surface area contributed by atoms with Crippen molar-refractivity contribution in [1.29, 1.82) is 0 Å². The second-order valence-corrected chi connectivity index (χ2v) is 5.93. The number of fused-ring (bicyclic) bond motifs is 1. The standard InChI is InChI=1S/C14H22N2O3/c1-2-19-14(18)12-8-15-3-4-16(12)13(17)11-6-9-5-10(9)7-11/h9-12,15H,2-8H2,1H3. The molecule has 0 radical (unpaired) electrons. The zero-order valence-electron chi connectivity index (χ0n) is 11.4. The molecule has 5 nitrogen and oxygen atoms in total. The first-order valence-electron chi connectivity index (χ1n) is 7.38. The Morgan fingerprint density at radius 2 is 2.00 bits per heavy atom. The summed E-state index contributed by atoms with van der Waals surface area (Å²) in [5, 5.41) is 3.17. The predicted octanol–water partition coefficient (Wildman–Crippen LogP) is 0.396. The molecule has 3 atom stereocenters. The van der Waals surface area contributed by atoms with E-state index in [1.807, 2.05) is 0 Å². The molecule has 3 fully saturated rings. The summed E-state index contributed by atoms with van der Waals surface area (Å²) in [6.07, 6.45) is 3.37. The Bertz CT molecular complexity index is 375. The molecule has 0 bridgehead atoms. The lowest BCUT2D eigenvalue weighted by Gasteiger charge is -2.36. The Morgan fingerprint density at radius 3 is 2.68 bits per heavy atom. The maximum Gasteiger partial charge on any atom is 0.330 e. The molecule has 1 aliphatic heterocycles. The van der Waals surface area contributed by atoms with Gasteiger partial charge < -0.3 is 15.0 Å². The molecule has 3 aliphatic rings. The summed E-state index contributed by atoms with van der Waals surface area (Å²) < 4.78 is 5.08. The van der Waals surface area contributed by atoms with Crippen LogP contribution in [0, 0.1) is 17.8 Å². The van der Waals surface area contributed by atoms with Crippen LogP contribution in [0.15, 0.2) is 0 Å². The molecule has 0 aromatic carbocycles. The van der Waals surface area contributed by atoms with Crippen molar-refractivity contribution in [2.24, 2.45) is 17.8 Å². The molecule has 1 N–H and O–H groups in total. The van der Waals surface area contributed by atoms with Gasteiger partial charge in [0.15, 0.2) is 0 Å². The van der Waals surface area contributed by atoms with Crippen LogP contribution in [0.2, 0.25) is 0 Å². The number of carbonyl (C=O) groups excluding carboxylic acids is 2. The summed E-state index contributed by atoms with van der Waals surface area (Å²) in [4.78, 5) is 26.3. The molecule has 0 spiro atoms. The number of esters is 1. The van der Waals surface area contributed by atoms with Crippen LogP contribution in [0.5, 0.6) is 0 Å². The van der Waals surface area contributed by atoms with Crippen molar-refractivity contribution in [2.75, 3.05) is 26.2 Å². The van der Waals surface area contributed by atoms with Gasteiger partial charge in [-0.1, -0.05) is 0 Å². The van der Waals surface area contributed by atoms with Crippen LogP contribution in [0.1, 0.15) is 26.2 Å². The van der Waals surface area contributed by atoms with Gasteiger partial charge in [-0.2, -0.15) is 0 Å². The second-order valence-electron chi connectivity index (χ2n) is 5.93.